The van der Waals surface area contributed by atoms with Crippen LogP contribution in [0.25, 0.3) is 0 Å². The lowest BCUT2D eigenvalue weighted by Crippen LogP contribution is -2.25. The fraction of sp³-hybridized carbons (Fsp3) is 0.571. The molecule has 0 heterocycles. The maximum Gasteiger partial charge on any atom is 0.0237 e. The van der Waals surface area contributed by atoms with Gasteiger partial charge in [-0.3, -0.25) is 4.90 Å². The lowest BCUT2D eigenvalue weighted by molar-refractivity contribution is 0.234. The highest BCUT2D eigenvalue weighted by Gasteiger charge is 2.10. The molecule has 0 bridgehead atoms. The minimum Gasteiger partial charge on any atom is -0.295 e. The van der Waals surface area contributed by atoms with Gasteiger partial charge < -0.3 is 0 Å². The van der Waals surface area contributed by atoms with Crippen LogP contribution in [0.15, 0.2) is 59.5 Å². The Morgan fingerprint density at radius 1 is 0.767 bits per heavy atom. The summed E-state index contributed by atoms with van der Waals surface area (Å²) in [7, 11) is 0. The third kappa shape index (κ3) is 11.8. The fourth-order valence-electron chi connectivity index (χ4n) is 3.69. The Hall–Kier alpha value is -1.25. The Bertz CT molecular complexity index is 623. The molecule has 0 spiro atoms. The summed E-state index contributed by atoms with van der Waals surface area (Å²) in [6.07, 6.45) is 11.8. The van der Waals surface area contributed by atoms with E-state index in [9.17, 15) is 0 Å². The first kappa shape index (κ1) is 26.8. The second-order valence-electron chi connectivity index (χ2n) is 8.14. The highest BCUT2D eigenvalue weighted by atomic mass is 32.2. The molecule has 1 unspecified atom stereocenters. The summed E-state index contributed by atoms with van der Waals surface area (Å²) < 4.78 is 0. The number of thioether (sulfide) groups is 1. The first-order valence-corrected chi connectivity index (χ1v) is 13.3. The van der Waals surface area contributed by atoms with Crippen LogP contribution in [0, 0.1) is 5.92 Å². The van der Waals surface area contributed by atoms with Gasteiger partial charge in [0.05, 0.1) is 0 Å². The Kier molecular flexibility index (Phi) is 15.6. The zero-order valence-corrected chi connectivity index (χ0v) is 21.0. The molecule has 2 aromatic carbocycles. The van der Waals surface area contributed by atoms with Crippen molar-refractivity contribution in [1.29, 1.82) is 0 Å². The first-order chi connectivity index (χ1) is 14.7. The number of benzene rings is 2. The van der Waals surface area contributed by atoms with Crippen molar-refractivity contribution < 1.29 is 0 Å². The van der Waals surface area contributed by atoms with Gasteiger partial charge in [0.1, 0.15) is 0 Å². The molecule has 2 heteroatoms. The summed E-state index contributed by atoms with van der Waals surface area (Å²) in [6, 6.07) is 20.0. The molecule has 1 atom stereocenters. The average molecular weight is 428 g/mol. The van der Waals surface area contributed by atoms with Crippen LogP contribution in [0.4, 0.5) is 0 Å². The van der Waals surface area contributed by atoms with E-state index < -0.39 is 0 Å². The maximum absolute atomic E-state index is 2.62. The van der Waals surface area contributed by atoms with E-state index in [-0.39, 0.29) is 0 Å². The molecular weight excluding hydrogens is 382 g/mol. The smallest absolute Gasteiger partial charge is 0.0237 e. The minimum atomic E-state index is 0.818. The minimum absolute atomic E-state index is 0.818. The zero-order chi connectivity index (χ0) is 22.0. The largest absolute Gasteiger partial charge is 0.295 e. The molecule has 2 rings (SSSR count). The Balaban J connectivity index is 0.00000218. The van der Waals surface area contributed by atoms with Crippen LogP contribution < -0.4 is 0 Å². The SMILES string of the molecule is CC.CCCCCCCC(C)CCN(Cc1ccccc1)Cc1ccc(SC)cc1. The van der Waals surface area contributed by atoms with Crippen LogP contribution in [0.5, 0.6) is 0 Å². The van der Waals surface area contributed by atoms with E-state index in [1.54, 1.807) is 0 Å². The average Bonchev–Trinajstić information content (AvgIpc) is 2.80. The second kappa shape index (κ2) is 17.4. The lowest BCUT2D eigenvalue weighted by atomic mass is 9.98. The molecule has 0 saturated carbocycles. The molecule has 0 aliphatic heterocycles. The highest BCUT2D eigenvalue weighted by molar-refractivity contribution is 7.98. The van der Waals surface area contributed by atoms with E-state index in [0.717, 1.165) is 19.0 Å². The van der Waals surface area contributed by atoms with Crippen LogP contribution in [-0.4, -0.2) is 17.7 Å². The third-order valence-corrected chi connectivity index (χ3v) is 6.30. The van der Waals surface area contributed by atoms with Crippen molar-refractivity contribution >= 4 is 11.8 Å². The number of unbranched alkanes of at least 4 members (excludes halogenated alkanes) is 4. The van der Waals surface area contributed by atoms with Gasteiger partial charge in [-0.1, -0.05) is 109 Å². The van der Waals surface area contributed by atoms with Crippen molar-refractivity contribution in [2.45, 2.75) is 90.6 Å². The first-order valence-electron chi connectivity index (χ1n) is 12.1. The molecule has 1 nitrogen and oxygen atoms in total. The van der Waals surface area contributed by atoms with Gasteiger partial charge in [-0.25, -0.2) is 0 Å². The summed E-state index contributed by atoms with van der Waals surface area (Å²) in [5, 5.41) is 0. The third-order valence-electron chi connectivity index (χ3n) is 5.55. The molecule has 0 fully saturated rings. The van der Waals surface area contributed by atoms with Crippen molar-refractivity contribution in [3.05, 3.63) is 65.7 Å². The fourth-order valence-corrected chi connectivity index (χ4v) is 4.10. The van der Waals surface area contributed by atoms with E-state index in [1.807, 2.05) is 25.6 Å². The molecular formula is C28H45NS. The van der Waals surface area contributed by atoms with Crippen molar-refractivity contribution in [2.75, 3.05) is 12.8 Å². The summed E-state index contributed by atoms with van der Waals surface area (Å²) in [6.45, 7) is 12.0. The van der Waals surface area contributed by atoms with Gasteiger partial charge in [-0.2, -0.15) is 0 Å². The van der Waals surface area contributed by atoms with Crippen LogP contribution in [0.2, 0.25) is 0 Å². The van der Waals surface area contributed by atoms with E-state index in [4.69, 9.17) is 0 Å². The van der Waals surface area contributed by atoms with Crippen LogP contribution >= 0.6 is 11.8 Å². The monoisotopic (exact) mass is 427 g/mol. The van der Waals surface area contributed by atoms with E-state index in [2.05, 4.69) is 79.6 Å². The molecule has 0 N–H and O–H groups in total. The standard InChI is InChI=1S/C26H39NS.C2H6/c1-4-5-6-7-9-12-23(2)19-20-27(21-24-13-10-8-11-14-24)22-25-15-17-26(28-3)18-16-25;1-2/h8,10-11,13-18,23H,4-7,9,12,19-22H2,1-3H3;1-2H3. The zero-order valence-electron chi connectivity index (χ0n) is 20.2. The van der Waals surface area contributed by atoms with Crippen molar-refractivity contribution in [3.63, 3.8) is 0 Å². The number of hydrogen-bond acceptors (Lipinski definition) is 2. The molecule has 0 aliphatic carbocycles. The summed E-state index contributed by atoms with van der Waals surface area (Å²) >= 11 is 1.81. The van der Waals surface area contributed by atoms with Gasteiger partial charge in [0.2, 0.25) is 0 Å². The Morgan fingerprint density at radius 3 is 1.97 bits per heavy atom. The molecule has 0 aliphatic rings. The summed E-state index contributed by atoms with van der Waals surface area (Å²) in [5.74, 6) is 0.818. The molecule has 30 heavy (non-hydrogen) atoms. The van der Waals surface area contributed by atoms with Crippen LogP contribution in [-0.2, 0) is 13.1 Å². The topological polar surface area (TPSA) is 3.24 Å². The Labute approximate surface area is 191 Å². The predicted molar refractivity (Wildman–Crippen MR) is 137 cm³/mol. The lowest BCUT2D eigenvalue weighted by Gasteiger charge is -2.24. The second-order valence-corrected chi connectivity index (χ2v) is 9.02. The van der Waals surface area contributed by atoms with Gasteiger partial charge in [0.25, 0.3) is 0 Å². The number of nitrogens with zero attached hydrogens (tertiary/aromatic N) is 1. The van der Waals surface area contributed by atoms with E-state index in [0.29, 0.717) is 0 Å². The molecule has 168 valence electrons. The van der Waals surface area contributed by atoms with Crippen molar-refractivity contribution in [2.24, 2.45) is 5.92 Å². The van der Waals surface area contributed by atoms with Crippen LogP contribution in [0.3, 0.4) is 0 Å². The molecule has 0 aromatic heterocycles. The van der Waals surface area contributed by atoms with Gasteiger partial charge in [-0.15, -0.1) is 11.8 Å². The van der Waals surface area contributed by atoms with Gasteiger partial charge in [-0.05, 0) is 48.4 Å². The quantitative estimate of drug-likeness (QED) is 0.219. The molecule has 0 saturated heterocycles. The van der Waals surface area contributed by atoms with Crippen molar-refractivity contribution in [3.8, 4) is 0 Å². The summed E-state index contributed by atoms with van der Waals surface area (Å²) in [4.78, 5) is 3.96. The van der Waals surface area contributed by atoms with E-state index >= 15 is 0 Å². The van der Waals surface area contributed by atoms with Gasteiger partial charge >= 0.3 is 0 Å². The maximum atomic E-state index is 2.62. The normalized spacial score (nSPS) is 11.8. The Morgan fingerprint density at radius 2 is 1.37 bits per heavy atom. The van der Waals surface area contributed by atoms with Gasteiger partial charge in [0.15, 0.2) is 0 Å². The number of hydrogen-bond donors (Lipinski definition) is 0. The van der Waals surface area contributed by atoms with Gasteiger partial charge in [0, 0.05) is 18.0 Å². The number of rotatable bonds is 14. The van der Waals surface area contributed by atoms with Crippen LogP contribution in [0.1, 0.15) is 83.8 Å². The summed E-state index contributed by atoms with van der Waals surface area (Å²) in [5.41, 5.74) is 2.83. The highest BCUT2D eigenvalue weighted by Crippen LogP contribution is 2.19. The van der Waals surface area contributed by atoms with Crippen molar-refractivity contribution in [1.82, 2.24) is 4.90 Å². The molecule has 0 amide bonds. The van der Waals surface area contributed by atoms with E-state index in [1.165, 1.54) is 67.5 Å². The molecule has 0 radical (unpaired) electrons. The molecule has 2 aromatic rings. The predicted octanol–water partition coefficient (Wildman–Crippen LogP) is 8.82.